The summed E-state index contributed by atoms with van der Waals surface area (Å²) in [6, 6.07) is 18.9. The van der Waals surface area contributed by atoms with E-state index in [1.807, 2.05) is 32.9 Å². The van der Waals surface area contributed by atoms with Crippen molar-refractivity contribution in [3.63, 3.8) is 0 Å². The SMILES string of the molecule is CCc1ccc(CC(C)(C)NC[C@@H](O)COc2cc(-c3ccc(C(=O)O)cc3)ccc2C#N)c(F)c1. The molecule has 0 spiro atoms. The minimum absolute atomic E-state index is 0.0429. The van der Waals surface area contributed by atoms with E-state index in [9.17, 15) is 19.6 Å². The van der Waals surface area contributed by atoms with Crippen LogP contribution in [0.4, 0.5) is 4.39 Å². The van der Waals surface area contributed by atoms with Gasteiger partial charge >= 0.3 is 5.97 Å². The van der Waals surface area contributed by atoms with Gasteiger partial charge in [-0.2, -0.15) is 5.26 Å². The fraction of sp³-hybridized carbons (Fsp3) is 0.310. The number of aliphatic hydroxyl groups excluding tert-OH is 1. The molecule has 3 rings (SSSR count). The number of aryl methyl sites for hydroxylation is 1. The monoisotopic (exact) mass is 490 g/mol. The molecule has 188 valence electrons. The Balaban J connectivity index is 1.60. The summed E-state index contributed by atoms with van der Waals surface area (Å²) in [6.07, 6.45) is 0.373. The van der Waals surface area contributed by atoms with E-state index in [4.69, 9.17) is 9.84 Å². The van der Waals surface area contributed by atoms with Crippen molar-refractivity contribution in [2.24, 2.45) is 0 Å². The molecule has 36 heavy (non-hydrogen) atoms. The predicted octanol–water partition coefficient (Wildman–Crippen LogP) is 4.98. The molecule has 6 nitrogen and oxygen atoms in total. The van der Waals surface area contributed by atoms with Crippen molar-refractivity contribution in [1.29, 1.82) is 5.26 Å². The van der Waals surface area contributed by atoms with E-state index in [0.717, 1.165) is 23.1 Å². The van der Waals surface area contributed by atoms with Crippen molar-refractivity contribution in [2.75, 3.05) is 13.2 Å². The van der Waals surface area contributed by atoms with Gasteiger partial charge in [0.15, 0.2) is 0 Å². The van der Waals surface area contributed by atoms with Crippen molar-refractivity contribution >= 4 is 5.97 Å². The van der Waals surface area contributed by atoms with E-state index >= 15 is 0 Å². The van der Waals surface area contributed by atoms with Gasteiger partial charge in [0, 0.05) is 12.1 Å². The molecule has 0 aromatic heterocycles. The number of aromatic carboxylic acids is 1. The van der Waals surface area contributed by atoms with Crippen molar-refractivity contribution < 1.29 is 24.1 Å². The summed E-state index contributed by atoms with van der Waals surface area (Å²) in [5, 5.41) is 32.3. The third-order valence-corrected chi connectivity index (χ3v) is 5.97. The van der Waals surface area contributed by atoms with Gasteiger partial charge in [-0.15, -0.1) is 0 Å². The zero-order chi connectivity index (χ0) is 26.3. The molecule has 0 heterocycles. The molecule has 0 saturated heterocycles. The van der Waals surface area contributed by atoms with Crippen LogP contribution in [0.3, 0.4) is 0 Å². The molecule has 1 atom stereocenters. The lowest BCUT2D eigenvalue weighted by molar-refractivity contribution is 0.0697. The standard InChI is InChI=1S/C29H31FN2O4/c1-4-19-5-6-23(26(30)13-19)15-29(2,3)32-17-25(33)18-36-27-14-22(11-12-24(27)16-31)20-7-9-21(10-8-20)28(34)35/h5-14,25,32-33H,4,15,17-18H2,1-3H3,(H,34,35)/t25-/m1/s1. The van der Waals surface area contributed by atoms with Crippen molar-refractivity contribution in [2.45, 2.75) is 45.3 Å². The lowest BCUT2D eigenvalue weighted by Gasteiger charge is -2.28. The Kier molecular flexibility index (Phi) is 8.81. The Hall–Kier alpha value is -3.73. The van der Waals surface area contributed by atoms with E-state index in [2.05, 4.69) is 11.4 Å². The fourth-order valence-corrected chi connectivity index (χ4v) is 3.85. The summed E-state index contributed by atoms with van der Waals surface area (Å²) in [6.45, 7) is 6.05. The Bertz CT molecular complexity index is 1250. The van der Waals surface area contributed by atoms with Gasteiger partial charge in [0.2, 0.25) is 0 Å². The number of nitriles is 1. The molecule has 0 radical (unpaired) electrons. The number of carboxylic acids is 1. The summed E-state index contributed by atoms with van der Waals surface area (Å²) < 4.78 is 20.2. The van der Waals surface area contributed by atoms with Gasteiger partial charge in [-0.3, -0.25) is 0 Å². The van der Waals surface area contributed by atoms with E-state index in [1.165, 1.54) is 12.1 Å². The molecule has 3 aromatic carbocycles. The highest BCUT2D eigenvalue weighted by Gasteiger charge is 2.21. The molecule has 0 unspecified atom stereocenters. The summed E-state index contributed by atoms with van der Waals surface area (Å²) in [4.78, 5) is 11.1. The Morgan fingerprint density at radius 1 is 1.11 bits per heavy atom. The summed E-state index contributed by atoms with van der Waals surface area (Å²) in [7, 11) is 0. The summed E-state index contributed by atoms with van der Waals surface area (Å²) in [5.41, 5.74) is 3.14. The maximum atomic E-state index is 14.4. The molecule has 0 aliphatic rings. The number of hydrogen-bond donors (Lipinski definition) is 3. The Morgan fingerprint density at radius 3 is 2.42 bits per heavy atom. The Morgan fingerprint density at radius 2 is 1.81 bits per heavy atom. The molecule has 3 aromatic rings. The molecular formula is C29H31FN2O4. The average Bonchev–Trinajstić information content (AvgIpc) is 2.87. The lowest BCUT2D eigenvalue weighted by Crippen LogP contribution is -2.46. The molecule has 0 aliphatic carbocycles. The first-order valence-electron chi connectivity index (χ1n) is 11.8. The first kappa shape index (κ1) is 26.9. The maximum absolute atomic E-state index is 14.4. The number of halogens is 1. The second kappa shape index (κ2) is 11.8. The van der Waals surface area contributed by atoms with Crippen LogP contribution < -0.4 is 10.1 Å². The van der Waals surface area contributed by atoms with Crippen LogP contribution in [-0.2, 0) is 12.8 Å². The predicted molar refractivity (Wildman–Crippen MR) is 137 cm³/mol. The first-order valence-corrected chi connectivity index (χ1v) is 11.8. The van der Waals surface area contributed by atoms with E-state index < -0.39 is 17.6 Å². The molecule has 7 heteroatoms. The van der Waals surface area contributed by atoms with Crippen LogP contribution in [0, 0.1) is 17.1 Å². The minimum atomic E-state index is -1.00. The second-order valence-corrected chi connectivity index (χ2v) is 9.39. The normalized spacial score (nSPS) is 12.1. The smallest absolute Gasteiger partial charge is 0.335 e. The van der Waals surface area contributed by atoms with Gasteiger partial charge in [-0.05, 0) is 79.3 Å². The molecule has 0 saturated carbocycles. The first-order chi connectivity index (χ1) is 17.1. The molecule has 0 aliphatic heterocycles. The number of aliphatic hydroxyl groups is 1. The van der Waals surface area contributed by atoms with Crippen LogP contribution in [0.5, 0.6) is 5.75 Å². The van der Waals surface area contributed by atoms with Crippen molar-refractivity contribution in [3.8, 4) is 22.9 Å². The number of carbonyl (C=O) groups is 1. The van der Waals surface area contributed by atoms with Crippen LogP contribution >= 0.6 is 0 Å². The largest absolute Gasteiger partial charge is 0.489 e. The van der Waals surface area contributed by atoms with Gasteiger partial charge in [0.25, 0.3) is 0 Å². The number of carboxylic acid groups (broad SMARTS) is 1. The molecule has 0 fully saturated rings. The number of ether oxygens (including phenoxy) is 1. The van der Waals surface area contributed by atoms with Gasteiger partial charge in [-0.1, -0.05) is 37.3 Å². The quantitative estimate of drug-likeness (QED) is 0.351. The highest BCUT2D eigenvalue weighted by molar-refractivity contribution is 5.88. The van der Waals surface area contributed by atoms with Gasteiger partial charge < -0.3 is 20.3 Å². The average molecular weight is 491 g/mol. The molecule has 3 N–H and O–H groups in total. The van der Waals surface area contributed by atoms with Crippen molar-refractivity contribution in [3.05, 3.63) is 88.7 Å². The third-order valence-electron chi connectivity index (χ3n) is 5.97. The number of β-amino-alcohol motifs (C(OH)–C–C–N with tert-alkyl or cyclic N) is 1. The third kappa shape index (κ3) is 7.14. The Labute approximate surface area is 211 Å². The molecule has 0 amide bonds. The van der Waals surface area contributed by atoms with E-state index in [1.54, 1.807) is 36.4 Å². The van der Waals surface area contributed by atoms with Crippen LogP contribution in [0.25, 0.3) is 11.1 Å². The maximum Gasteiger partial charge on any atom is 0.335 e. The van der Waals surface area contributed by atoms with Gasteiger partial charge in [0.05, 0.1) is 11.1 Å². The zero-order valence-electron chi connectivity index (χ0n) is 20.7. The van der Waals surface area contributed by atoms with Crippen LogP contribution in [0.1, 0.15) is 47.8 Å². The fourth-order valence-electron chi connectivity index (χ4n) is 3.85. The van der Waals surface area contributed by atoms with Gasteiger partial charge in [-0.25, -0.2) is 9.18 Å². The zero-order valence-corrected chi connectivity index (χ0v) is 20.7. The lowest BCUT2D eigenvalue weighted by atomic mass is 9.93. The summed E-state index contributed by atoms with van der Waals surface area (Å²) >= 11 is 0. The molecule has 0 bridgehead atoms. The highest BCUT2D eigenvalue weighted by atomic mass is 19.1. The van der Waals surface area contributed by atoms with Crippen LogP contribution in [0.15, 0.2) is 60.7 Å². The minimum Gasteiger partial charge on any atom is -0.489 e. The number of rotatable bonds is 11. The topological polar surface area (TPSA) is 103 Å². The van der Waals surface area contributed by atoms with Crippen molar-refractivity contribution in [1.82, 2.24) is 5.32 Å². The number of nitrogens with zero attached hydrogens (tertiary/aromatic N) is 1. The van der Waals surface area contributed by atoms with E-state index in [-0.39, 0.29) is 24.5 Å². The van der Waals surface area contributed by atoms with Gasteiger partial charge in [0.1, 0.15) is 30.3 Å². The number of nitrogens with one attached hydrogen (secondary N) is 1. The number of hydrogen-bond acceptors (Lipinski definition) is 5. The second-order valence-electron chi connectivity index (χ2n) is 9.39. The molecular weight excluding hydrogens is 459 g/mol. The summed E-state index contributed by atoms with van der Waals surface area (Å²) in [5.74, 6) is -0.904. The van der Waals surface area contributed by atoms with Crippen LogP contribution in [-0.4, -0.2) is 41.0 Å². The number of benzene rings is 3. The van der Waals surface area contributed by atoms with Crippen LogP contribution in [0.2, 0.25) is 0 Å². The highest BCUT2D eigenvalue weighted by Crippen LogP contribution is 2.28. The van der Waals surface area contributed by atoms with E-state index in [0.29, 0.717) is 23.3 Å².